The lowest BCUT2D eigenvalue weighted by atomic mass is 9.96. The van der Waals surface area contributed by atoms with Crippen molar-refractivity contribution in [3.05, 3.63) is 35.5 Å². The monoisotopic (exact) mass is 496 g/mol. The summed E-state index contributed by atoms with van der Waals surface area (Å²) in [7, 11) is 2.96. The molecule has 0 aliphatic carbocycles. The number of anilines is 1. The van der Waals surface area contributed by atoms with Crippen LogP contribution in [0.25, 0.3) is 0 Å². The summed E-state index contributed by atoms with van der Waals surface area (Å²) in [5.74, 6) is -0.0277. The van der Waals surface area contributed by atoms with Crippen molar-refractivity contribution < 1.29 is 36.9 Å². The molecule has 2 saturated heterocycles. The van der Waals surface area contributed by atoms with Crippen LogP contribution >= 0.6 is 0 Å². The molecule has 2 fully saturated rings. The Morgan fingerprint density at radius 1 is 1.11 bits per heavy atom. The molecule has 4 heterocycles. The van der Waals surface area contributed by atoms with Crippen molar-refractivity contribution in [3.63, 3.8) is 0 Å². The second-order valence-electron chi connectivity index (χ2n) is 8.86. The summed E-state index contributed by atoms with van der Waals surface area (Å²) in [6, 6.07) is 3.84. The van der Waals surface area contributed by atoms with Gasteiger partial charge in [-0.05, 0) is 17.7 Å². The molecule has 9 nitrogen and oxygen atoms in total. The zero-order chi connectivity index (χ0) is 24.8. The number of carbonyl (C=O) groups excluding carboxylic acids is 1. The van der Waals surface area contributed by atoms with Gasteiger partial charge in [-0.3, -0.25) is 4.79 Å². The first kappa shape index (κ1) is 23.7. The quantitative estimate of drug-likeness (QED) is 0.693. The molecule has 5 rings (SSSR count). The SMILES string of the molecule is COc1ccc(C2CC(C(F)(F)F)n3nc(C(=O)N4CCC5(CC4)OCCO5)cc3N2)cc1OC. The molecule has 1 N–H and O–H groups in total. The van der Waals surface area contributed by atoms with Crippen LogP contribution in [0.2, 0.25) is 0 Å². The third-order valence-corrected chi connectivity index (χ3v) is 6.84. The highest BCUT2D eigenvalue weighted by molar-refractivity contribution is 5.93. The molecule has 12 heteroatoms. The third kappa shape index (κ3) is 4.40. The Balaban J connectivity index is 1.39. The van der Waals surface area contributed by atoms with Crippen LogP contribution in [0.5, 0.6) is 11.5 Å². The Hall–Kier alpha value is -2.99. The first-order valence-corrected chi connectivity index (χ1v) is 11.4. The van der Waals surface area contributed by atoms with Crippen molar-refractivity contribution in [2.75, 3.05) is 45.8 Å². The summed E-state index contributed by atoms with van der Waals surface area (Å²) >= 11 is 0. The highest BCUT2D eigenvalue weighted by Crippen LogP contribution is 2.45. The number of methoxy groups -OCH3 is 2. The second kappa shape index (κ2) is 8.90. The largest absolute Gasteiger partial charge is 0.493 e. The van der Waals surface area contributed by atoms with Crippen molar-refractivity contribution in [3.8, 4) is 11.5 Å². The molecular formula is C23H27F3N4O5. The number of carbonyl (C=O) groups is 1. The molecule has 2 aromatic rings. The van der Waals surface area contributed by atoms with Crippen molar-refractivity contribution in [1.82, 2.24) is 14.7 Å². The van der Waals surface area contributed by atoms with Crippen LogP contribution < -0.4 is 14.8 Å². The molecule has 1 spiro atoms. The number of aromatic nitrogens is 2. The summed E-state index contributed by atoms with van der Waals surface area (Å²) < 4.78 is 64.9. The van der Waals surface area contributed by atoms with E-state index in [1.807, 2.05) is 0 Å². The molecule has 2 atom stereocenters. The number of amides is 1. The van der Waals surface area contributed by atoms with Gasteiger partial charge in [-0.2, -0.15) is 18.3 Å². The number of fused-ring (bicyclic) bond motifs is 1. The summed E-state index contributed by atoms with van der Waals surface area (Å²) in [6.45, 7) is 1.80. The van der Waals surface area contributed by atoms with Gasteiger partial charge in [0, 0.05) is 38.4 Å². The van der Waals surface area contributed by atoms with E-state index in [-0.39, 0.29) is 17.9 Å². The first-order valence-electron chi connectivity index (χ1n) is 11.4. The van der Waals surface area contributed by atoms with Crippen molar-refractivity contribution >= 4 is 11.7 Å². The number of hydrogen-bond acceptors (Lipinski definition) is 7. The number of piperidine rings is 1. The first-order chi connectivity index (χ1) is 16.7. The van der Waals surface area contributed by atoms with E-state index in [0.29, 0.717) is 56.2 Å². The van der Waals surface area contributed by atoms with E-state index in [2.05, 4.69) is 10.4 Å². The number of likely N-dealkylation sites (tertiary alicyclic amines) is 1. The number of nitrogens with zero attached hydrogens (tertiary/aromatic N) is 3. The average molecular weight is 496 g/mol. The Labute approximate surface area is 200 Å². The van der Waals surface area contributed by atoms with Gasteiger partial charge in [0.2, 0.25) is 0 Å². The summed E-state index contributed by atoms with van der Waals surface area (Å²) in [4.78, 5) is 14.7. The molecule has 35 heavy (non-hydrogen) atoms. The van der Waals surface area contributed by atoms with E-state index >= 15 is 0 Å². The molecule has 0 radical (unpaired) electrons. The van der Waals surface area contributed by atoms with Gasteiger partial charge in [0.05, 0.1) is 33.5 Å². The molecule has 190 valence electrons. The summed E-state index contributed by atoms with van der Waals surface area (Å²) in [5.41, 5.74) is 0.578. The summed E-state index contributed by atoms with van der Waals surface area (Å²) in [5, 5.41) is 7.20. The Morgan fingerprint density at radius 2 is 1.80 bits per heavy atom. The number of benzene rings is 1. The van der Waals surface area contributed by atoms with E-state index in [4.69, 9.17) is 18.9 Å². The minimum absolute atomic E-state index is 0.0288. The maximum Gasteiger partial charge on any atom is 0.410 e. The fourth-order valence-corrected chi connectivity index (χ4v) is 4.96. The molecular weight excluding hydrogens is 469 g/mol. The van der Waals surface area contributed by atoms with Gasteiger partial charge in [-0.25, -0.2) is 4.68 Å². The van der Waals surface area contributed by atoms with Gasteiger partial charge in [-0.15, -0.1) is 0 Å². The Kier molecular flexibility index (Phi) is 6.04. The van der Waals surface area contributed by atoms with Crippen LogP contribution in [0.3, 0.4) is 0 Å². The lowest BCUT2D eigenvalue weighted by molar-refractivity contribution is -0.181. The number of rotatable bonds is 4. The molecule has 1 aromatic carbocycles. The van der Waals surface area contributed by atoms with Gasteiger partial charge in [0.1, 0.15) is 5.82 Å². The van der Waals surface area contributed by atoms with Crippen LogP contribution in [0, 0.1) is 0 Å². The number of alkyl halides is 3. The van der Waals surface area contributed by atoms with E-state index in [9.17, 15) is 18.0 Å². The fraction of sp³-hybridized carbons (Fsp3) is 0.565. The summed E-state index contributed by atoms with van der Waals surface area (Å²) in [6.07, 6.45) is -3.82. The fourth-order valence-electron chi connectivity index (χ4n) is 4.96. The second-order valence-corrected chi connectivity index (χ2v) is 8.86. The Bertz CT molecular complexity index is 1090. The molecule has 0 saturated carbocycles. The molecule has 3 aliphatic rings. The standard InChI is InChI=1S/C23H27F3N4O5/c1-32-17-4-3-14(11-18(17)33-2)15-12-19(23(24,25)26)30-20(27-15)13-16(28-30)21(31)29-7-5-22(6-8-29)34-9-10-35-22/h3-4,11,13,15,19,27H,5-10,12H2,1-2H3. The molecule has 1 amide bonds. The van der Waals surface area contributed by atoms with Crippen LogP contribution in [-0.4, -0.2) is 73.1 Å². The van der Waals surface area contributed by atoms with Gasteiger partial charge in [0.25, 0.3) is 5.91 Å². The van der Waals surface area contributed by atoms with Crippen LogP contribution in [0.4, 0.5) is 19.0 Å². The predicted molar refractivity (Wildman–Crippen MR) is 118 cm³/mol. The maximum atomic E-state index is 14.1. The van der Waals surface area contributed by atoms with Crippen LogP contribution in [0.15, 0.2) is 24.3 Å². The number of hydrogen-bond donors (Lipinski definition) is 1. The Morgan fingerprint density at radius 3 is 2.43 bits per heavy atom. The maximum absolute atomic E-state index is 14.1. The van der Waals surface area contributed by atoms with Crippen molar-refractivity contribution in [2.24, 2.45) is 0 Å². The molecule has 0 bridgehead atoms. The molecule has 1 aromatic heterocycles. The number of halogens is 3. The third-order valence-electron chi connectivity index (χ3n) is 6.84. The van der Waals surface area contributed by atoms with Gasteiger partial charge >= 0.3 is 6.18 Å². The number of ether oxygens (including phenoxy) is 4. The topological polar surface area (TPSA) is 87.1 Å². The highest BCUT2D eigenvalue weighted by atomic mass is 19.4. The van der Waals surface area contributed by atoms with Gasteiger partial charge < -0.3 is 29.2 Å². The van der Waals surface area contributed by atoms with E-state index in [1.54, 1.807) is 23.1 Å². The lowest BCUT2D eigenvalue weighted by Gasteiger charge is -2.37. The predicted octanol–water partition coefficient (Wildman–Crippen LogP) is 3.54. The normalized spacial score (nSPS) is 23.6. The van der Waals surface area contributed by atoms with E-state index < -0.39 is 30.0 Å². The van der Waals surface area contributed by atoms with E-state index in [0.717, 1.165) is 4.68 Å². The number of nitrogens with one attached hydrogen (secondary N) is 1. The molecule has 3 aliphatic heterocycles. The minimum atomic E-state index is -4.55. The van der Waals surface area contributed by atoms with Crippen LogP contribution in [0.1, 0.15) is 47.4 Å². The zero-order valence-electron chi connectivity index (χ0n) is 19.4. The van der Waals surface area contributed by atoms with E-state index in [1.165, 1.54) is 20.3 Å². The van der Waals surface area contributed by atoms with Gasteiger partial charge in [0.15, 0.2) is 29.0 Å². The van der Waals surface area contributed by atoms with Crippen molar-refractivity contribution in [2.45, 2.75) is 43.3 Å². The van der Waals surface area contributed by atoms with Gasteiger partial charge in [-0.1, -0.05) is 6.07 Å². The van der Waals surface area contributed by atoms with Crippen molar-refractivity contribution in [1.29, 1.82) is 0 Å². The van der Waals surface area contributed by atoms with Crippen LogP contribution in [-0.2, 0) is 9.47 Å². The average Bonchev–Trinajstić information content (AvgIpc) is 3.49. The molecule has 2 unspecified atom stereocenters. The lowest BCUT2D eigenvalue weighted by Crippen LogP contribution is -2.47. The smallest absolute Gasteiger partial charge is 0.410 e. The minimum Gasteiger partial charge on any atom is -0.493 e. The highest BCUT2D eigenvalue weighted by Gasteiger charge is 2.47. The zero-order valence-corrected chi connectivity index (χ0v) is 19.4.